The van der Waals surface area contributed by atoms with Gasteiger partial charge in [-0.25, -0.2) is 10.4 Å². The lowest BCUT2D eigenvalue weighted by Crippen LogP contribution is -2.35. The number of fused-ring (bicyclic) bond motifs is 1. The van der Waals surface area contributed by atoms with E-state index in [1.54, 1.807) is 11.3 Å². The molecule has 1 aliphatic rings. The van der Waals surface area contributed by atoms with Crippen molar-refractivity contribution in [2.75, 3.05) is 5.32 Å². The van der Waals surface area contributed by atoms with E-state index < -0.39 is 0 Å². The van der Waals surface area contributed by atoms with Gasteiger partial charge in [-0.3, -0.25) is 4.79 Å². The van der Waals surface area contributed by atoms with Gasteiger partial charge in [0.2, 0.25) is 0 Å². The molecule has 1 saturated carbocycles. The largest absolute Gasteiger partial charge is 0.350 e. The number of nitrogens with zero attached hydrogens (tertiary/aromatic N) is 2. The quantitative estimate of drug-likeness (QED) is 0.838. The first-order valence-corrected chi connectivity index (χ1v) is 8.91. The van der Waals surface area contributed by atoms with Crippen LogP contribution in [0.5, 0.6) is 0 Å². The minimum absolute atomic E-state index is 0.130. The molecule has 0 bridgehead atoms. The topological polar surface area (TPSA) is 66.4 Å². The lowest BCUT2D eigenvalue weighted by Gasteiger charge is -2.19. The van der Waals surface area contributed by atoms with E-state index in [0.29, 0.717) is 5.92 Å². The van der Waals surface area contributed by atoms with Crippen LogP contribution in [0.3, 0.4) is 0 Å². The fourth-order valence-electron chi connectivity index (χ4n) is 2.78. The Balaban J connectivity index is 1.57. The Morgan fingerprint density at radius 1 is 1.43 bits per heavy atom. The van der Waals surface area contributed by atoms with Gasteiger partial charge in [0.05, 0.1) is 10.2 Å². The molecule has 1 aromatic heterocycles. The van der Waals surface area contributed by atoms with Crippen molar-refractivity contribution in [1.29, 1.82) is 0 Å². The third-order valence-electron chi connectivity index (χ3n) is 4.10. The van der Waals surface area contributed by atoms with Gasteiger partial charge in [-0.05, 0) is 50.7 Å². The molecule has 0 radical (unpaired) electrons. The van der Waals surface area contributed by atoms with E-state index in [1.807, 2.05) is 31.2 Å². The molecule has 0 aliphatic heterocycles. The van der Waals surface area contributed by atoms with Crippen molar-refractivity contribution in [2.45, 2.75) is 45.6 Å². The summed E-state index contributed by atoms with van der Waals surface area (Å²) in [4.78, 5) is 16.7. The molecule has 1 aromatic carbocycles. The molecule has 1 fully saturated rings. The van der Waals surface area contributed by atoms with Gasteiger partial charge in [0.1, 0.15) is 6.04 Å². The molecule has 6 heteroatoms. The van der Waals surface area contributed by atoms with Crippen LogP contribution in [0.1, 0.15) is 39.5 Å². The monoisotopic (exact) mass is 330 g/mol. The predicted molar refractivity (Wildman–Crippen MR) is 95.9 cm³/mol. The summed E-state index contributed by atoms with van der Waals surface area (Å²) < 4.78 is 1.11. The van der Waals surface area contributed by atoms with Crippen LogP contribution in [0.15, 0.2) is 29.4 Å². The van der Waals surface area contributed by atoms with Crippen molar-refractivity contribution in [3.63, 3.8) is 0 Å². The Labute approximate surface area is 140 Å². The third kappa shape index (κ3) is 4.07. The second-order valence-electron chi connectivity index (χ2n) is 6.21. The minimum atomic E-state index is -0.374. The van der Waals surface area contributed by atoms with E-state index in [-0.39, 0.29) is 11.9 Å². The van der Waals surface area contributed by atoms with Crippen LogP contribution in [0.2, 0.25) is 0 Å². The number of amides is 1. The molecule has 3 rings (SSSR count). The molecule has 2 N–H and O–H groups in total. The van der Waals surface area contributed by atoms with Crippen LogP contribution in [-0.4, -0.2) is 22.6 Å². The Morgan fingerprint density at radius 2 is 2.26 bits per heavy atom. The van der Waals surface area contributed by atoms with Gasteiger partial charge >= 0.3 is 0 Å². The summed E-state index contributed by atoms with van der Waals surface area (Å²) in [6, 6.07) is 7.57. The van der Waals surface area contributed by atoms with E-state index in [9.17, 15) is 4.79 Å². The molecule has 1 aliphatic carbocycles. The highest BCUT2D eigenvalue weighted by molar-refractivity contribution is 7.22. The molecule has 2 atom stereocenters. The fourth-order valence-corrected chi connectivity index (χ4v) is 3.73. The Kier molecular flexibility index (Phi) is 4.91. The Bertz CT molecular complexity index is 691. The zero-order valence-electron chi connectivity index (χ0n) is 13.5. The highest BCUT2D eigenvalue weighted by atomic mass is 32.1. The average Bonchev–Trinajstić information content (AvgIpc) is 2.94. The number of thiazole rings is 1. The van der Waals surface area contributed by atoms with E-state index in [1.165, 1.54) is 6.42 Å². The first-order chi connectivity index (χ1) is 11.1. The van der Waals surface area contributed by atoms with Gasteiger partial charge in [-0.15, -0.1) is 0 Å². The lowest BCUT2D eigenvalue weighted by molar-refractivity contribution is -0.121. The van der Waals surface area contributed by atoms with Crippen molar-refractivity contribution in [1.82, 2.24) is 10.4 Å². The van der Waals surface area contributed by atoms with Crippen molar-refractivity contribution in [3.8, 4) is 0 Å². The number of nitrogens with one attached hydrogen (secondary N) is 2. The molecular formula is C17H22N4OS. The van der Waals surface area contributed by atoms with Gasteiger partial charge in [0.15, 0.2) is 5.13 Å². The standard InChI is InChI=1S/C17H22N4OS/c1-11-6-5-7-13(10-11)20-21-16(22)12(2)18-17-19-14-8-3-4-9-15(14)23-17/h3-4,8-9,11-12H,5-7,10H2,1-2H3,(H,18,19)(H,21,22)/b20-13+/t11-,12+/m1/s1. The number of hydrogen-bond donors (Lipinski definition) is 2. The number of hydrazone groups is 1. The van der Waals surface area contributed by atoms with Gasteiger partial charge in [-0.2, -0.15) is 5.10 Å². The molecule has 1 amide bonds. The maximum Gasteiger partial charge on any atom is 0.262 e. The first-order valence-electron chi connectivity index (χ1n) is 8.09. The normalized spacial score (nSPS) is 21.3. The molecule has 1 heterocycles. The number of para-hydroxylation sites is 1. The second-order valence-corrected chi connectivity index (χ2v) is 7.24. The summed E-state index contributed by atoms with van der Waals surface area (Å²) in [5.74, 6) is 0.535. The number of carbonyl (C=O) groups is 1. The maximum atomic E-state index is 12.2. The van der Waals surface area contributed by atoms with Gasteiger partial charge < -0.3 is 5.32 Å². The van der Waals surface area contributed by atoms with E-state index in [4.69, 9.17) is 0 Å². The Hall–Kier alpha value is -1.95. The first kappa shape index (κ1) is 15.9. The van der Waals surface area contributed by atoms with Crippen LogP contribution < -0.4 is 10.7 Å². The highest BCUT2D eigenvalue weighted by Crippen LogP contribution is 2.25. The van der Waals surface area contributed by atoms with Gasteiger partial charge in [-0.1, -0.05) is 30.4 Å². The smallest absolute Gasteiger partial charge is 0.262 e. The molecule has 2 aromatic rings. The molecule has 23 heavy (non-hydrogen) atoms. The summed E-state index contributed by atoms with van der Waals surface area (Å²) in [5, 5.41) is 8.21. The fraction of sp³-hybridized carbons (Fsp3) is 0.471. The summed E-state index contributed by atoms with van der Waals surface area (Å²) in [7, 11) is 0. The number of benzene rings is 1. The summed E-state index contributed by atoms with van der Waals surface area (Å²) >= 11 is 1.55. The zero-order chi connectivity index (χ0) is 16.2. The van der Waals surface area contributed by atoms with Crippen molar-refractivity contribution in [2.24, 2.45) is 11.0 Å². The molecule has 0 spiro atoms. The Morgan fingerprint density at radius 3 is 3.04 bits per heavy atom. The van der Waals surface area contributed by atoms with Crippen LogP contribution in [0.4, 0.5) is 5.13 Å². The number of hydrogen-bond acceptors (Lipinski definition) is 5. The van der Waals surface area contributed by atoms with Gasteiger partial charge in [0, 0.05) is 5.71 Å². The van der Waals surface area contributed by atoms with Crippen LogP contribution in [-0.2, 0) is 4.79 Å². The number of carbonyl (C=O) groups excluding carboxylic acids is 1. The third-order valence-corrected chi connectivity index (χ3v) is 5.07. The van der Waals surface area contributed by atoms with E-state index in [0.717, 1.165) is 40.3 Å². The van der Waals surface area contributed by atoms with Crippen LogP contribution in [0.25, 0.3) is 10.2 Å². The van der Waals surface area contributed by atoms with Crippen molar-refractivity contribution >= 4 is 38.3 Å². The van der Waals surface area contributed by atoms with Crippen molar-refractivity contribution < 1.29 is 4.79 Å². The maximum absolute atomic E-state index is 12.2. The molecule has 5 nitrogen and oxygen atoms in total. The second kappa shape index (κ2) is 7.08. The molecule has 122 valence electrons. The van der Waals surface area contributed by atoms with Gasteiger partial charge in [0.25, 0.3) is 5.91 Å². The summed E-state index contributed by atoms with van der Waals surface area (Å²) in [5.41, 5.74) is 4.74. The predicted octanol–water partition coefficient (Wildman–Crippen LogP) is 3.78. The van der Waals surface area contributed by atoms with Crippen LogP contribution >= 0.6 is 11.3 Å². The van der Waals surface area contributed by atoms with E-state index >= 15 is 0 Å². The van der Waals surface area contributed by atoms with Crippen molar-refractivity contribution in [3.05, 3.63) is 24.3 Å². The molecule has 0 unspecified atom stereocenters. The average molecular weight is 330 g/mol. The summed E-state index contributed by atoms with van der Waals surface area (Å²) in [6.45, 7) is 4.05. The van der Waals surface area contributed by atoms with Crippen LogP contribution in [0, 0.1) is 5.92 Å². The lowest BCUT2D eigenvalue weighted by atomic mass is 9.89. The highest BCUT2D eigenvalue weighted by Gasteiger charge is 2.17. The number of aromatic nitrogens is 1. The zero-order valence-corrected chi connectivity index (χ0v) is 14.3. The molecular weight excluding hydrogens is 308 g/mol. The summed E-state index contributed by atoms with van der Waals surface area (Å²) in [6.07, 6.45) is 4.39. The SMILES string of the molecule is C[C@@H]1CCC/C(=N\NC(=O)[C@H](C)Nc2nc3ccccc3s2)C1. The minimum Gasteiger partial charge on any atom is -0.350 e. The van der Waals surface area contributed by atoms with E-state index in [2.05, 4.69) is 27.8 Å². The number of rotatable bonds is 4. The number of anilines is 1. The molecule has 0 saturated heterocycles.